The van der Waals surface area contributed by atoms with Crippen LogP contribution in [0.25, 0.3) is 0 Å². The lowest BCUT2D eigenvalue weighted by Gasteiger charge is -2.45. The molecule has 21 heavy (non-hydrogen) atoms. The van der Waals surface area contributed by atoms with Crippen LogP contribution in [0.4, 0.5) is 5.69 Å². The van der Waals surface area contributed by atoms with Gasteiger partial charge in [0.15, 0.2) is 0 Å². The second-order valence-electron chi connectivity index (χ2n) is 6.97. The number of hydrogen-bond acceptors (Lipinski definition) is 3. The summed E-state index contributed by atoms with van der Waals surface area (Å²) in [5.41, 5.74) is 9.32. The molecule has 1 saturated carbocycles. The Morgan fingerprint density at radius 3 is 2.29 bits per heavy atom. The van der Waals surface area contributed by atoms with Gasteiger partial charge in [-0.1, -0.05) is 24.6 Å². The van der Waals surface area contributed by atoms with Crippen LogP contribution in [0.2, 0.25) is 0 Å². The van der Waals surface area contributed by atoms with Gasteiger partial charge in [-0.15, -0.1) is 0 Å². The van der Waals surface area contributed by atoms with Crippen molar-refractivity contribution in [1.82, 2.24) is 4.90 Å². The van der Waals surface area contributed by atoms with Crippen LogP contribution < -0.4 is 10.6 Å². The Balaban J connectivity index is 1.80. The zero-order valence-corrected chi connectivity index (χ0v) is 13.5. The number of hydrogen-bond donors (Lipinski definition) is 1. The molecule has 0 radical (unpaired) electrons. The van der Waals surface area contributed by atoms with Crippen LogP contribution in [-0.2, 0) is 5.41 Å². The van der Waals surface area contributed by atoms with E-state index in [9.17, 15) is 0 Å². The molecule has 0 aromatic heterocycles. The molecule has 2 aliphatic rings. The highest BCUT2D eigenvalue weighted by Crippen LogP contribution is 2.46. The van der Waals surface area contributed by atoms with Gasteiger partial charge in [-0.25, -0.2) is 0 Å². The minimum Gasteiger partial charge on any atom is -0.369 e. The summed E-state index contributed by atoms with van der Waals surface area (Å²) in [5, 5.41) is 0. The van der Waals surface area contributed by atoms with Crippen molar-refractivity contribution in [3.63, 3.8) is 0 Å². The molecule has 2 N–H and O–H groups in total. The largest absolute Gasteiger partial charge is 0.369 e. The summed E-state index contributed by atoms with van der Waals surface area (Å²) in [5.74, 6) is 0. The monoisotopic (exact) mass is 287 g/mol. The average Bonchev–Trinajstić information content (AvgIpc) is 2.47. The molecular formula is C18H29N3. The summed E-state index contributed by atoms with van der Waals surface area (Å²) >= 11 is 0. The second kappa shape index (κ2) is 5.98. The van der Waals surface area contributed by atoms with E-state index < -0.39 is 0 Å². The molecule has 1 aromatic carbocycles. The maximum Gasteiger partial charge on any atom is 0.0405 e. The molecule has 0 atom stereocenters. The van der Waals surface area contributed by atoms with Crippen LogP contribution in [-0.4, -0.2) is 43.7 Å². The highest BCUT2D eigenvalue weighted by Gasteiger charge is 2.39. The van der Waals surface area contributed by atoms with Crippen LogP contribution in [0.5, 0.6) is 0 Å². The average molecular weight is 287 g/mol. The third-order valence-corrected chi connectivity index (χ3v) is 5.56. The van der Waals surface area contributed by atoms with Crippen molar-refractivity contribution in [3.8, 4) is 0 Å². The molecule has 1 aromatic rings. The van der Waals surface area contributed by atoms with Crippen molar-refractivity contribution < 1.29 is 0 Å². The number of benzene rings is 1. The fourth-order valence-electron chi connectivity index (χ4n) is 3.86. The Morgan fingerprint density at radius 1 is 1.10 bits per heavy atom. The summed E-state index contributed by atoms with van der Waals surface area (Å²) in [6, 6.07) is 9.63. The summed E-state index contributed by atoms with van der Waals surface area (Å²) in [4.78, 5) is 5.14. The van der Waals surface area contributed by atoms with Crippen molar-refractivity contribution in [2.75, 3.05) is 37.6 Å². The van der Waals surface area contributed by atoms with Crippen molar-refractivity contribution >= 4 is 5.69 Å². The lowest BCUT2D eigenvalue weighted by molar-refractivity contribution is 0.208. The first kappa shape index (κ1) is 14.9. The zero-order valence-electron chi connectivity index (χ0n) is 13.5. The van der Waals surface area contributed by atoms with Crippen LogP contribution in [0.15, 0.2) is 24.3 Å². The molecular weight excluding hydrogens is 258 g/mol. The standard InChI is InChI=1S/C18H29N3/c1-15(2)20-10-12-21(13-11-20)17-7-4-3-6-16(17)18(14-19)8-5-9-18/h3-4,6-7,15H,5,8-14,19H2,1-2H3. The van der Waals surface area contributed by atoms with E-state index in [1.807, 2.05) is 0 Å². The highest BCUT2D eigenvalue weighted by atomic mass is 15.3. The molecule has 1 heterocycles. The topological polar surface area (TPSA) is 32.5 Å². The third kappa shape index (κ3) is 2.69. The second-order valence-corrected chi connectivity index (χ2v) is 6.97. The predicted octanol–water partition coefficient (Wildman–Crippen LogP) is 2.60. The number of para-hydroxylation sites is 1. The van der Waals surface area contributed by atoms with Crippen molar-refractivity contribution in [2.24, 2.45) is 5.73 Å². The van der Waals surface area contributed by atoms with E-state index in [2.05, 4.69) is 47.9 Å². The number of piperazine rings is 1. The molecule has 1 saturated heterocycles. The zero-order chi connectivity index (χ0) is 14.9. The highest BCUT2D eigenvalue weighted by molar-refractivity contribution is 5.58. The van der Waals surface area contributed by atoms with Gasteiger partial charge < -0.3 is 10.6 Å². The lowest BCUT2D eigenvalue weighted by atomic mass is 9.64. The van der Waals surface area contributed by atoms with Crippen LogP contribution >= 0.6 is 0 Å². The normalized spacial score (nSPS) is 22.4. The number of anilines is 1. The van der Waals surface area contributed by atoms with E-state index >= 15 is 0 Å². The maximum absolute atomic E-state index is 6.13. The molecule has 3 rings (SSSR count). The molecule has 3 heteroatoms. The predicted molar refractivity (Wildman–Crippen MR) is 89.9 cm³/mol. The number of rotatable bonds is 4. The van der Waals surface area contributed by atoms with E-state index in [4.69, 9.17) is 5.73 Å². The van der Waals surface area contributed by atoms with Gasteiger partial charge in [0.2, 0.25) is 0 Å². The Labute approximate surface area is 129 Å². The van der Waals surface area contributed by atoms with Crippen LogP contribution in [0, 0.1) is 0 Å². The summed E-state index contributed by atoms with van der Waals surface area (Å²) in [7, 11) is 0. The van der Waals surface area contributed by atoms with Crippen molar-refractivity contribution in [2.45, 2.75) is 44.6 Å². The molecule has 2 fully saturated rings. The van der Waals surface area contributed by atoms with E-state index in [1.165, 1.54) is 43.6 Å². The van der Waals surface area contributed by atoms with Gasteiger partial charge in [0.1, 0.15) is 0 Å². The fraction of sp³-hybridized carbons (Fsp3) is 0.667. The van der Waals surface area contributed by atoms with Gasteiger partial charge in [-0.3, -0.25) is 4.90 Å². The van der Waals surface area contributed by atoms with Gasteiger partial charge in [-0.2, -0.15) is 0 Å². The van der Waals surface area contributed by atoms with Gasteiger partial charge in [0.05, 0.1) is 0 Å². The third-order valence-electron chi connectivity index (χ3n) is 5.56. The molecule has 3 nitrogen and oxygen atoms in total. The van der Waals surface area contributed by atoms with Gasteiger partial charge in [-0.05, 0) is 38.3 Å². The SMILES string of the molecule is CC(C)N1CCN(c2ccccc2C2(CN)CCC2)CC1. The first-order chi connectivity index (χ1) is 10.2. The summed E-state index contributed by atoms with van der Waals surface area (Å²) < 4.78 is 0. The Bertz CT molecular complexity index is 466. The minimum atomic E-state index is 0.256. The van der Waals surface area contributed by atoms with Gasteiger partial charge in [0.25, 0.3) is 0 Å². The van der Waals surface area contributed by atoms with E-state index in [0.717, 1.165) is 19.6 Å². The van der Waals surface area contributed by atoms with Crippen LogP contribution in [0.3, 0.4) is 0 Å². The molecule has 0 amide bonds. The molecule has 0 unspecified atom stereocenters. The maximum atomic E-state index is 6.13. The first-order valence-corrected chi connectivity index (χ1v) is 8.45. The van der Waals surface area contributed by atoms with Gasteiger partial charge in [0, 0.05) is 49.9 Å². The van der Waals surface area contributed by atoms with Crippen molar-refractivity contribution in [3.05, 3.63) is 29.8 Å². The lowest BCUT2D eigenvalue weighted by Crippen LogP contribution is -2.50. The van der Waals surface area contributed by atoms with E-state index in [-0.39, 0.29) is 5.41 Å². The Morgan fingerprint density at radius 2 is 1.76 bits per heavy atom. The summed E-state index contributed by atoms with van der Waals surface area (Å²) in [6.07, 6.45) is 3.84. The smallest absolute Gasteiger partial charge is 0.0405 e. The first-order valence-electron chi connectivity index (χ1n) is 8.45. The summed E-state index contributed by atoms with van der Waals surface area (Å²) in [6.45, 7) is 9.98. The van der Waals surface area contributed by atoms with Gasteiger partial charge >= 0.3 is 0 Å². The molecule has 1 aliphatic heterocycles. The molecule has 116 valence electrons. The quantitative estimate of drug-likeness (QED) is 0.924. The van der Waals surface area contributed by atoms with Crippen molar-refractivity contribution in [1.29, 1.82) is 0 Å². The number of nitrogens with zero attached hydrogens (tertiary/aromatic N) is 2. The number of nitrogens with two attached hydrogens (primary N) is 1. The fourth-order valence-corrected chi connectivity index (χ4v) is 3.86. The Kier molecular flexibility index (Phi) is 4.23. The van der Waals surface area contributed by atoms with E-state index in [1.54, 1.807) is 0 Å². The Hall–Kier alpha value is -1.06. The van der Waals surface area contributed by atoms with Crippen LogP contribution in [0.1, 0.15) is 38.7 Å². The molecule has 0 spiro atoms. The molecule has 1 aliphatic carbocycles. The molecule has 0 bridgehead atoms. The minimum absolute atomic E-state index is 0.256. The van der Waals surface area contributed by atoms with E-state index in [0.29, 0.717) is 6.04 Å².